The number of hydrogen-bond donors (Lipinski definition) is 0. The number of carbonyl (C=O) groups is 1. The molecule has 9 nitrogen and oxygen atoms in total. The van der Waals surface area contributed by atoms with E-state index in [0.29, 0.717) is 29.5 Å². The summed E-state index contributed by atoms with van der Waals surface area (Å²) in [5.41, 5.74) is 2.59. The SMILES string of the molecule is Cc1cc(C)c2c(OCC(=O)N3CCN(S(=O)(=O)c4cc(C)sc4C)CC3)nn(C)c2n1. The molecule has 0 atom stereocenters. The maximum absolute atomic E-state index is 13.0. The summed E-state index contributed by atoms with van der Waals surface area (Å²) < 4.78 is 34.8. The van der Waals surface area contributed by atoms with E-state index in [1.807, 2.05) is 33.8 Å². The lowest BCUT2D eigenvalue weighted by Gasteiger charge is -2.33. The van der Waals surface area contributed by atoms with Crippen molar-refractivity contribution in [1.82, 2.24) is 24.0 Å². The Balaban J connectivity index is 1.40. The molecule has 172 valence electrons. The van der Waals surface area contributed by atoms with Crippen molar-refractivity contribution in [2.75, 3.05) is 32.8 Å². The summed E-state index contributed by atoms with van der Waals surface area (Å²) in [4.78, 5) is 21.0. The van der Waals surface area contributed by atoms with Crippen LogP contribution < -0.4 is 4.74 Å². The molecule has 0 aliphatic carbocycles. The average Bonchev–Trinajstić information content (AvgIpc) is 3.25. The Bertz CT molecular complexity index is 1290. The summed E-state index contributed by atoms with van der Waals surface area (Å²) in [7, 11) is -1.76. The molecule has 1 fully saturated rings. The Kier molecular flexibility index (Phi) is 5.99. The van der Waals surface area contributed by atoms with Crippen LogP contribution in [0.3, 0.4) is 0 Å². The fourth-order valence-corrected chi connectivity index (χ4v) is 7.00. The number of pyridine rings is 1. The quantitative estimate of drug-likeness (QED) is 0.559. The minimum atomic E-state index is -3.55. The second-order valence-corrected chi connectivity index (χ2v) is 11.4. The number of aryl methyl sites for hydroxylation is 5. The van der Waals surface area contributed by atoms with Crippen LogP contribution in [-0.4, -0.2) is 71.1 Å². The summed E-state index contributed by atoms with van der Waals surface area (Å²) in [5, 5.41) is 5.17. The van der Waals surface area contributed by atoms with Gasteiger partial charge in [-0.2, -0.15) is 4.31 Å². The smallest absolute Gasteiger partial charge is 0.260 e. The van der Waals surface area contributed by atoms with E-state index in [2.05, 4.69) is 10.1 Å². The summed E-state index contributed by atoms with van der Waals surface area (Å²) in [6, 6.07) is 3.67. The number of nitrogens with zero attached hydrogens (tertiary/aromatic N) is 5. The van der Waals surface area contributed by atoms with E-state index in [0.717, 1.165) is 26.4 Å². The third-order valence-corrected chi connectivity index (χ3v) is 8.74. The maximum Gasteiger partial charge on any atom is 0.260 e. The van der Waals surface area contributed by atoms with Gasteiger partial charge in [0.2, 0.25) is 15.9 Å². The minimum Gasteiger partial charge on any atom is -0.466 e. The summed E-state index contributed by atoms with van der Waals surface area (Å²) in [6.45, 7) is 8.62. The Morgan fingerprint density at radius 2 is 1.81 bits per heavy atom. The molecule has 0 unspecified atom stereocenters. The molecule has 0 bridgehead atoms. The van der Waals surface area contributed by atoms with E-state index in [1.165, 1.54) is 15.6 Å². The van der Waals surface area contributed by atoms with Crippen molar-refractivity contribution >= 4 is 38.3 Å². The first-order valence-electron chi connectivity index (χ1n) is 10.4. The number of sulfonamides is 1. The third-order valence-electron chi connectivity index (χ3n) is 5.62. The van der Waals surface area contributed by atoms with Gasteiger partial charge in [-0.15, -0.1) is 16.4 Å². The normalized spacial score (nSPS) is 15.5. The van der Waals surface area contributed by atoms with E-state index in [9.17, 15) is 13.2 Å². The zero-order valence-corrected chi connectivity index (χ0v) is 20.5. The Morgan fingerprint density at radius 1 is 1.12 bits per heavy atom. The standard InChI is InChI=1S/C21H27N5O4S2/c1-13-10-14(2)22-20-19(13)21(23-24(20)5)30-12-18(27)25-6-8-26(9-7-25)32(28,29)17-11-15(3)31-16(17)4/h10-11H,6-9,12H2,1-5H3. The van der Waals surface area contributed by atoms with Gasteiger partial charge in [-0.1, -0.05) is 0 Å². The summed E-state index contributed by atoms with van der Waals surface area (Å²) >= 11 is 1.48. The Morgan fingerprint density at radius 3 is 2.44 bits per heavy atom. The molecule has 0 aromatic carbocycles. The van der Waals surface area contributed by atoms with Gasteiger partial charge in [-0.05, 0) is 45.4 Å². The molecule has 0 radical (unpaired) electrons. The monoisotopic (exact) mass is 477 g/mol. The Labute approximate surface area is 191 Å². The van der Waals surface area contributed by atoms with Crippen LogP contribution in [0.4, 0.5) is 0 Å². The van der Waals surface area contributed by atoms with Crippen molar-refractivity contribution in [3.05, 3.63) is 33.1 Å². The number of thiophene rings is 1. The largest absolute Gasteiger partial charge is 0.466 e. The number of ether oxygens (including phenoxy) is 1. The maximum atomic E-state index is 13.0. The zero-order valence-electron chi connectivity index (χ0n) is 18.9. The van der Waals surface area contributed by atoms with E-state index in [1.54, 1.807) is 22.7 Å². The second kappa shape index (κ2) is 8.45. The van der Waals surface area contributed by atoms with Crippen LogP contribution in [0, 0.1) is 27.7 Å². The van der Waals surface area contributed by atoms with Crippen LogP contribution >= 0.6 is 11.3 Å². The van der Waals surface area contributed by atoms with E-state index < -0.39 is 10.0 Å². The number of aromatic nitrogens is 3. The van der Waals surface area contributed by atoms with Gasteiger partial charge < -0.3 is 9.64 Å². The molecule has 1 aliphatic rings. The molecule has 4 rings (SSSR count). The van der Waals surface area contributed by atoms with Gasteiger partial charge in [-0.25, -0.2) is 18.1 Å². The van der Waals surface area contributed by atoms with Gasteiger partial charge in [0.15, 0.2) is 12.3 Å². The highest BCUT2D eigenvalue weighted by Gasteiger charge is 2.32. The molecule has 4 heterocycles. The van der Waals surface area contributed by atoms with Gasteiger partial charge in [0.25, 0.3) is 5.91 Å². The first kappa shape index (κ1) is 22.7. The van der Waals surface area contributed by atoms with Crippen molar-refractivity contribution in [3.8, 4) is 5.88 Å². The summed E-state index contributed by atoms with van der Waals surface area (Å²) in [6.07, 6.45) is 0. The van der Waals surface area contributed by atoms with Gasteiger partial charge in [0.1, 0.15) is 0 Å². The van der Waals surface area contributed by atoms with Crippen molar-refractivity contribution in [1.29, 1.82) is 0 Å². The van der Waals surface area contributed by atoms with Crippen LogP contribution in [-0.2, 0) is 21.9 Å². The van der Waals surface area contributed by atoms with Crippen LogP contribution in [0.15, 0.2) is 17.0 Å². The Hall–Kier alpha value is -2.50. The topological polar surface area (TPSA) is 97.6 Å². The van der Waals surface area contributed by atoms with Gasteiger partial charge in [-0.3, -0.25) is 4.79 Å². The molecule has 1 saturated heterocycles. The lowest BCUT2D eigenvalue weighted by molar-refractivity contribution is -0.134. The molecular formula is C21H27N5O4S2. The van der Waals surface area contributed by atoms with Gasteiger partial charge in [0.05, 0.1) is 10.3 Å². The predicted octanol–water partition coefficient (Wildman–Crippen LogP) is 2.18. The molecule has 11 heteroatoms. The predicted molar refractivity (Wildman–Crippen MR) is 123 cm³/mol. The first-order chi connectivity index (χ1) is 15.1. The van der Waals surface area contributed by atoms with Crippen molar-refractivity contribution in [3.63, 3.8) is 0 Å². The number of hydrogen-bond acceptors (Lipinski definition) is 7. The zero-order chi connectivity index (χ0) is 23.2. The van der Waals surface area contributed by atoms with E-state index in [4.69, 9.17) is 4.74 Å². The number of rotatable bonds is 5. The number of amides is 1. The molecule has 32 heavy (non-hydrogen) atoms. The van der Waals surface area contributed by atoms with Gasteiger partial charge >= 0.3 is 0 Å². The highest BCUT2D eigenvalue weighted by molar-refractivity contribution is 7.89. The van der Waals surface area contributed by atoms with Crippen LogP contribution in [0.2, 0.25) is 0 Å². The minimum absolute atomic E-state index is 0.158. The lowest BCUT2D eigenvalue weighted by Crippen LogP contribution is -2.51. The molecule has 3 aromatic heterocycles. The van der Waals surface area contributed by atoms with Crippen LogP contribution in [0.1, 0.15) is 21.0 Å². The van der Waals surface area contributed by atoms with E-state index in [-0.39, 0.29) is 25.6 Å². The third kappa shape index (κ3) is 4.12. The average molecular weight is 478 g/mol. The van der Waals surface area contributed by atoms with E-state index >= 15 is 0 Å². The van der Waals surface area contributed by atoms with Crippen LogP contribution in [0.25, 0.3) is 11.0 Å². The lowest BCUT2D eigenvalue weighted by atomic mass is 10.2. The molecule has 0 saturated carbocycles. The number of piperazine rings is 1. The molecule has 0 N–H and O–H groups in total. The molecule has 1 amide bonds. The fraction of sp³-hybridized carbons (Fsp3) is 0.476. The summed E-state index contributed by atoms with van der Waals surface area (Å²) in [5.74, 6) is 0.187. The fourth-order valence-electron chi connectivity index (χ4n) is 4.05. The van der Waals surface area contributed by atoms with Crippen molar-refractivity contribution in [2.45, 2.75) is 32.6 Å². The highest BCUT2D eigenvalue weighted by atomic mass is 32.2. The molecule has 1 aliphatic heterocycles. The van der Waals surface area contributed by atoms with Crippen LogP contribution in [0.5, 0.6) is 5.88 Å². The molecule has 3 aromatic rings. The van der Waals surface area contributed by atoms with Crippen molar-refractivity contribution < 1.29 is 17.9 Å². The first-order valence-corrected chi connectivity index (χ1v) is 12.6. The van der Waals surface area contributed by atoms with Crippen molar-refractivity contribution in [2.24, 2.45) is 7.05 Å². The molecule has 0 spiro atoms. The van der Waals surface area contributed by atoms with Gasteiger partial charge in [0, 0.05) is 48.7 Å². The second-order valence-electron chi connectivity index (χ2n) is 8.06. The highest BCUT2D eigenvalue weighted by Crippen LogP contribution is 2.29. The number of fused-ring (bicyclic) bond motifs is 1. The molecular weight excluding hydrogens is 450 g/mol. The number of carbonyl (C=O) groups excluding carboxylic acids is 1.